The van der Waals surface area contributed by atoms with Crippen LogP contribution in [0.15, 0.2) is 36.4 Å². The van der Waals surface area contributed by atoms with Crippen LogP contribution in [0.3, 0.4) is 0 Å². The minimum atomic E-state index is -4.58. The molecule has 0 fully saturated rings. The summed E-state index contributed by atoms with van der Waals surface area (Å²) in [6.45, 7) is 2.71. The highest BCUT2D eigenvalue weighted by Gasteiger charge is 2.31. The molecule has 0 aliphatic carbocycles. The number of carbonyl (C=O) groups excluding carboxylic acids is 1. The highest BCUT2D eigenvalue weighted by Crippen LogP contribution is 2.30. The first-order chi connectivity index (χ1) is 12.9. The van der Waals surface area contributed by atoms with Crippen molar-refractivity contribution in [1.82, 2.24) is 5.32 Å². The Morgan fingerprint density at radius 1 is 0.857 bits per heavy atom. The average molecular weight is 413 g/mol. The van der Waals surface area contributed by atoms with Gasteiger partial charge in [0.15, 0.2) is 6.29 Å². The molecule has 0 spiro atoms. The van der Waals surface area contributed by atoms with E-state index in [9.17, 15) is 39.9 Å². The Balaban J connectivity index is 0.000000283. The molecule has 0 saturated carbocycles. The second-order valence-electron chi connectivity index (χ2n) is 5.44. The van der Waals surface area contributed by atoms with Crippen LogP contribution in [0.25, 0.3) is 0 Å². The summed E-state index contributed by atoms with van der Waals surface area (Å²) in [5.74, 6) is -1.99. The lowest BCUT2D eigenvalue weighted by Crippen LogP contribution is -2.14. The number of aldehydes is 1. The van der Waals surface area contributed by atoms with E-state index in [0.717, 1.165) is 18.2 Å². The Morgan fingerprint density at radius 2 is 1.36 bits per heavy atom. The molecule has 0 aromatic heterocycles. The van der Waals surface area contributed by atoms with E-state index in [4.69, 9.17) is 0 Å². The van der Waals surface area contributed by atoms with E-state index in [0.29, 0.717) is 24.7 Å². The van der Waals surface area contributed by atoms with Gasteiger partial charge in [-0.1, -0.05) is 13.0 Å². The van der Waals surface area contributed by atoms with Gasteiger partial charge in [0.05, 0.1) is 16.7 Å². The Labute approximate surface area is 155 Å². The minimum Gasteiger partial charge on any atom is -0.313 e. The molecule has 0 bridgehead atoms. The Hall–Kier alpha value is -2.49. The van der Waals surface area contributed by atoms with Gasteiger partial charge < -0.3 is 5.32 Å². The zero-order valence-corrected chi connectivity index (χ0v) is 14.4. The summed E-state index contributed by atoms with van der Waals surface area (Å²) in [4.78, 5) is 10.1. The number of carbonyl (C=O) groups is 1. The molecule has 0 radical (unpaired) electrons. The lowest BCUT2D eigenvalue weighted by molar-refractivity contribution is -0.138. The third kappa shape index (κ3) is 6.91. The molecule has 10 heteroatoms. The summed E-state index contributed by atoms with van der Waals surface area (Å²) in [6, 6.07) is 4.31. The predicted molar refractivity (Wildman–Crippen MR) is 85.6 cm³/mol. The molecule has 2 rings (SSSR count). The standard InChI is InChI=1S/C10H11F4N.C8H4F4O/c1-2-15-6-7-3-4-8(5-9(7)11)10(12,13)14;9-7-3-6(8(10,11)12)2-1-5(7)4-13/h3-5,15H,2,6H2,1H3;1-4H. The predicted octanol–water partition coefficient (Wildman–Crippen LogP) is 5.61. The second-order valence-corrected chi connectivity index (χ2v) is 5.44. The van der Waals surface area contributed by atoms with Crippen molar-refractivity contribution in [3.63, 3.8) is 0 Å². The Kier molecular flexibility index (Phi) is 8.10. The van der Waals surface area contributed by atoms with E-state index in [2.05, 4.69) is 5.32 Å². The van der Waals surface area contributed by atoms with Crippen molar-refractivity contribution in [2.24, 2.45) is 0 Å². The van der Waals surface area contributed by atoms with Gasteiger partial charge in [-0.05, 0) is 36.9 Å². The molecule has 2 aromatic rings. The molecule has 0 heterocycles. The summed E-state index contributed by atoms with van der Waals surface area (Å²) in [5, 5.41) is 2.84. The fourth-order valence-corrected chi connectivity index (χ4v) is 1.93. The van der Waals surface area contributed by atoms with Crippen molar-refractivity contribution in [3.8, 4) is 0 Å². The summed E-state index contributed by atoms with van der Waals surface area (Å²) < 4.78 is 98.2. The molecule has 2 aromatic carbocycles. The average Bonchev–Trinajstić information content (AvgIpc) is 2.59. The number of hydrogen-bond acceptors (Lipinski definition) is 2. The zero-order chi connectivity index (χ0) is 21.5. The third-order valence-electron chi connectivity index (χ3n) is 3.40. The monoisotopic (exact) mass is 413 g/mol. The van der Waals surface area contributed by atoms with Crippen LogP contribution in [0.5, 0.6) is 0 Å². The minimum absolute atomic E-state index is 0.162. The van der Waals surface area contributed by atoms with Crippen molar-refractivity contribution >= 4 is 6.29 Å². The summed E-state index contributed by atoms with van der Waals surface area (Å²) >= 11 is 0. The maximum Gasteiger partial charge on any atom is 0.416 e. The van der Waals surface area contributed by atoms with E-state index >= 15 is 0 Å². The van der Waals surface area contributed by atoms with Gasteiger partial charge in [-0.2, -0.15) is 26.3 Å². The van der Waals surface area contributed by atoms with Crippen LogP contribution in [-0.4, -0.2) is 12.8 Å². The molecule has 154 valence electrons. The lowest BCUT2D eigenvalue weighted by Gasteiger charge is -2.09. The normalized spacial score (nSPS) is 11.6. The summed E-state index contributed by atoms with van der Waals surface area (Å²) in [7, 11) is 0. The van der Waals surface area contributed by atoms with E-state index in [1.807, 2.05) is 6.92 Å². The topological polar surface area (TPSA) is 29.1 Å². The first kappa shape index (κ1) is 23.5. The van der Waals surface area contributed by atoms with Crippen LogP contribution in [-0.2, 0) is 18.9 Å². The summed E-state index contributed by atoms with van der Waals surface area (Å²) in [6.07, 6.45) is -8.91. The van der Waals surface area contributed by atoms with Crippen LogP contribution < -0.4 is 5.32 Å². The smallest absolute Gasteiger partial charge is 0.313 e. The summed E-state index contributed by atoms with van der Waals surface area (Å²) in [5.41, 5.74) is -2.20. The number of rotatable bonds is 4. The van der Waals surface area contributed by atoms with Crippen LogP contribution in [0.1, 0.15) is 34.0 Å². The fraction of sp³-hybridized carbons (Fsp3) is 0.278. The van der Waals surface area contributed by atoms with Gasteiger partial charge in [-0.15, -0.1) is 0 Å². The second kappa shape index (κ2) is 9.63. The van der Waals surface area contributed by atoms with Gasteiger partial charge >= 0.3 is 12.4 Å². The lowest BCUT2D eigenvalue weighted by atomic mass is 10.1. The van der Waals surface area contributed by atoms with E-state index < -0.39 is 35.1 Å². The quantitative estimate of drug-likeness (QED) is 0.522. The molecule has 0 aliphatic heterocycles. The van der Waals surface area contributed by atoms with Crippen molar-refractivity contribution < 1.29 is 39.9 Å². The number of benzene rings is 2. The first-order valence-electron chi connectivity index (χ1n) is 7.78. The van der Waals surface area contributed by atoms with Gasteiger partial charge in [0.1, 0.15) is 11.6 Å². The van der Waals surface area contributed by atoms with E-state index in [-0.39, 0.29) is 24.0 Å². The Morgan fingerprint density at radius 3 is 1.75 bits per heavy atom. The molecule has 0 saturated heterocycles. The van der Waals surface area contributed by atoms with Crippen molar-refractivity contribution in [2.45, 2.75) is 25.8 Å². The third-order valence-corrected chi connectivity index (χ3v) is 3.40. The zero-order valence-electron chi connectivity index (χ0n) is 14.4. The van der Waals surface area contributed by atoms with Crippen molar-refractivity contribution in [2.75, 3.05) is 6.54 Å². The molecule has 0 atom stereocenters. The number of nitrogens with one attached hydrogen (secondary N) is 1. The number of hydrogen-bond donors (Lipinski definition) is 1. The number of alkyl halides is 6. The highest BCUT2D eigenvalue weighted by atomic mass is 19.4. The first-order valence-corrected chi connectivity index (χ1v) is 7.78. The van der Waals surface area contributed by atoms with Gasteiger partial charge in [-0.3, -0.25) is 4.79 Å². The molecular weight excluding hydrogens is 398 g/mol. The SMILES string of the molecule is CCNCc1ccc(C(F)(F)F)cc1F.O=Cc1ccc(C(F)(F)F)cc1F. The largest absolute Gasteiger partial charge is 0.416 e. The molecule has 1 N–H and O–H groups in total. The van der Waals surface area contributed by atoms with Crippen molar-refractivity contribution in [1.29, 1.82) is 0 Å². The van der Waals surface area contributed by atoms with Crippen LogP contribution >= 0.6 is 0 Å². The highest BCUT2D eigenvalue weighted by molar-refractivity contribution is 5.75. The molecule has 0 amide bonds. The van der Waals surface area contributed by atoms with Gasteiger partial charge in [0.2, 0.25) is 0 Å². The maximum absolute atomic E-state index is 13.2. The van der Waals surface area contributed by atoms with E-state index in [1.165, 1.54) is 0 Å². The van der Waals surface area contributed by atoms with Crippen LogP contribution in [0, 0.1) is 11.6 Å². The van der Waals surface area contributed by atoms with Gasteiger partial charge in [0, 0.05) is 12.1 Å². The number of halogens is 8. The van der Waals surface area contributed by atoms with Crippen LogP contribution in [0.4, 0.5) is 35.1 Å². The fourth-order valence-electron chi connectivity index (χ4n) is 1.93. The van der Waals surface area contributed by atoms with Crippen LogP contribution in [0.2, 0.25) is 0 Å². The molecular formula is C18H15F8NO. The van der Waals surface area contributed by atoms with E-state index in [1.54, 1.807) is 0 Å². The Bertz CT molecular complexity index is 799. The molecule has 0 aliphatic rings. The van der Waals surface area contributed by atoms with Gasteiger partial charge in [0.25, 0.3) is 0 Å². The van der Waals surface area contributed by atoms with Gasteiger partial charge in [-0.25, -0.2) is 8.78 Å². The maximum atomic E-state index is 13.2. The molecule has 28 heavy (non-hydrogen) atoms. The molecule has 2 nitrogen and oxygen atoms in total. The molecule has 0 unspecified atom stereocenters. The van der Waals surface area contributed by atoms with Crippen molar-refractivity contribution in [3.05, 3.63) is 70.3 Å².